The maximum Gasteiger partial charge on any atom is 0.332 e. The lowest BCUT2D eigenvalue weighted by atomic mass is 10.2. The summed E-state index contributed by atoms with van der Waals surface area (Å²) in [6, 6.07) is 0. The van der Waals surface area contributed by atoms with Gasteiger partial charge in [0.15, 0.2) is 11.2 Å². The Morgan fingerprint density at radius 2 is 2.05 bits per heavy atom. The number of unbranched alkanes of at least 4 members (excludes halogenated alkanes) is 1. The zero-order chi connectivity index (χ0) is 14.0. The van der Waals surface area contributed by atoms with Crippen molar-refractivity contribution in [3.63, 3.8) is 0 Å². The van der Waals surface area contributed by atoms with Crippen LogP contribution in [0.4, 0.5) is 0 Å². The van der Waals surface area contributed by atoms with E-state index in [1.807, 2.05) is 0 Å². The van der Waals surface area contributed by atoms with Crippen LogP contribution in [0, 0.1) is 0 Å². The van der Waals surface area contributed by atoms with Crippen molar-refractivity contribution in [3.05, 3.63) is 20.8 Å². The lowest BCUT2D eigenvalue weighted by molar-refractivity contribution is 0.180. The molecule has 104 valence electrons. The quantitative estimate of drug-likeness (QED) is 0.787. The van der Waals surface area contributed by atoms with Crippen molar-refractivity contribution in [2.75, 3.05) is 0 Å². The maximum absolute atomic E-state index is 12.1. The van der Waals surface area contributed by atoms with Crippen LogP contribution in [0.1, 0.15) is 26.2 Å². The Kier molecular flexibility index (Phi) is 4.11. The van der Waals surface area contributed by atoms with Crippen molar-refractivity contribution in [2.24, 2.45) is 7.05 Å². The molecule has 0 saturated heterocycles. The summed E-state index contributed by atoms with van der Waals surface area (Å²) in [7, 11) is 1.58. The van der Waals surface area contributed by atoms with E-state index in [1.54, 1.807) is 14.0 Å². The Morgan fingerprint density at radius 1 is 1.32 bits per heavy atom. The Labute approximate surface area is 113 Å². The van der Waals surface area contributed by atoms with Crippen molar-refractivity contribution in [2.45, 2.75) is 38.8 Å². The fraction of sp³-hybridized carbons (Fsp3) is 0.636. The average Bonchev–Trinajstić information content (AvgIpc) is 2.84. The molecule has 2 rings (SSSR count). The molecule has 0 aromatic carbocycles. The number of hydrogen-bond donors (Lipinski definition) is 1. The number of hydrogen-bond acceptors (Lipinski definition) is 6. The number of aliphatic hydroxyl groups excluding tert-OH is 1. The van der Waals surface area contributed by atoms with Gasteiger partial charge < -0.3 is 5.11 Å². The molecule has 0 amide bonds. The molecule has 0 saturated carbocycles. The number of rotatable bonds is 5. The largest absolute Gasteiger partial charge is 0.393 e. The lowest BCUT2D eigenvalue weighted by Gasteiger charge is -2.07. The summed E-state index contributed by atoms with van der Waals surface area (Å²) in [6.07, 6.45) is 1.74. The molecule has 7 nitrogen and oxygen atoms in total. The molecule has 0 bridgehead atoms. The summed E-state index contributed by atoms with van der Waals surface area (Å²) in [6.45, 7) is 2.06. The van der Waals surface area contributed by atoms with E-state index in [9.17, 15) is 9.59 Å². The molecule has 0 aliphatic rings. The number of aromatic nitrogens is 4. The highest BCUT2D eigenvalue weighted by molar-refractivity contribution is 7.00. The van der Waals surface area contributed by atoms with Crippen LogP contribution in [0.5, 0.6) is 0 Å². The topological polar surface area (TPSA) is 90.0 Å². The van der Waals surface area contributed by atoms with E-state index in [1.165, 1.54) is 9.13 Å². The molecule has 2 aromatic rings. The number of aliphatic hydroxyl groups is 1. The fourth-order valence-electron chi connectivity index (χ4n) is 1.93. The molecule has 0 aliphatic carbocycles. The number of aryl methyl sites for hydroxylation is 1. The van der Waals surface area contributed by atoms with E-state index in [-0.39, 0.29) is 22.9 Å². The van der Waals surface area contributed by atoms with Gasteiger partial charge in [0.1, 0.15) is 0 Å². The highest BCUT2D eigenvalue weighted by Crippen LogP contribution is 2.04. The summed E-state index contributed by atoms with van der Waals surface area (Å²) < 4.78 is 10.4. The van der Waals surface area contributed by atoms with Gasteiger partial charge in [-0.1, -0.05) is 0 Å². The van der Waals surface area contributed by atoms with Crippen molar-refractivity contribution < 1.29 is 5.11 Å². The molecule has 0 spiro atoms. The molecule has 0 radical (unpaired) electrons. The van der Waals surface area contributed by atoms with Crippen molar-refractivity contribution in [3.8, 4) is 0 Å². The average molecular weight is 284 g/mol. The van der Waals surface area contributed by atoms with Crippen LogP contribution in [0.2, 0.25) is 0 Å². The molecule has 2 heterocycles. The van der Waals surface area contributed by atoms with Gasteiger partial charge in [0.2, 0.25) is 0 Å². The summed E-state index contributed by atoms with van der Waals surface area (Å²) in [5.41, 5.74) is -0.186. The minimum Gasteiger partial charge on any atom is -0.393 e. The highest BCUT2D eigenvalue weighted by atomic mass is 32.1. The molecule has 1 atom stereocenters. The van der Waals surface area contributed by atoms with Crippen LogP contribution in [0.3, 0.4) is 0 Å². The zero-order valence-corrected chi connectivity index (χ0v) is 11.7. The predicted molar refractivity (Wildman–Crippen MR) is 72.4 cm³/mol. The van der Waals surface area contributed by atoms with Crippen LogP contribution in [-0.2, 0) is 13.6 Å². The van der Waals surface area contributed by atoms with Gasteiger partial charge in [0.05, 0.1) is 17.8 Å². The van der Waals surface area contributed by atoms with Crippen molar-refractivity contribution in [1.82, 2.24) is 17.9 Å². The van der Waals surface area contributed by atoms with Crippen LogP contribution < -0.4 is 11.2 Å². The second kappa shape index (κ2) is 5.62. The Morgan fingerprint density at radius 3 is 2.74 bits per heavy atom. The Hall–Kier alpha value is -1.54. The summed E-state index contributed by atoms with van der Waals surface area (Å²) >= 11 is 0.925. The molecule has 2 aromatic heterocycles. The Bertz CT molecular complexity index is 685. The minimum absolute atomic E-state index is 0.239. The van der Waals surface area contributed by atoms with Gasteiger partial charge in [0, 0.05) is 13.6 Å². The molecule has 1 unspecified atom stereocenters. The van der Waals surface area contributed by atoms with Crippen molar-refractivity contribution >= 4 is 22.9 Å². The third kappa shape index (κ3) is 2.74. The first-order valence-electron chi connectivity index (χ1n) is 6.12. The first-order valence-corrected chi connectivity index (χ1v) is 6.85. The first kappa shape index (κ1) is 13.9. The van der Waals surface area contributed by atoms with Gasteiger partial charge in [0.25, 0.3) is 5.56 Å². The molecule has 0 aliphatic heterocycles. The molecule has 1 N–H and O–H groups in total. The molecule has 0 fully saturated rings. The fourth-order valence-corrected chi connectivity index (χ4v) is 2.50. The van der Waals surface area contributed by atoms with Gasteiger partial charge in [-0.15, -0.1) is 0 Å². The van der Waals surface area contributed by atoms with Crippen LogP contribution in [0.15, 0.2) is 9.59 Å². The smallest absolute Gasteiger partial charge is 0.332 e. The minimum atomic E-state index is -0.385. The Balaban J connectivity index is 2.28. The number of fused-ring (bicyclic) bond motifs is 1. The normalized spacial score (nSPS) is 13.0. The monoisotopic (exact) mass is 284 g/mol. The van der Waals surface area contributed by atoms with E-state index in [0.29, 0.717) is 25.0 Å². The summed E-state index contributed by atoms with van der Waals surface area (Å²) in [4.78, 5) is 24.1. The SMILES string of the molecule is CC(O)CCCCn1c(=O)c2nsnc2n(C)c1=O. The van der Waals surface area contributed by atoms with E-state index in [0.717, 1.165) is 18.1 Å². The molecule has 8 heteroatoms. The van der Waals surface area contributed by atoms with E-state index >= 15 is 0 Å². The highest BCUT2D eigenvalue weighted by Gasteiger charge is 2.13. The molecular weight excluding hydrogens is 268 g/mol. The standard InChI is InChI=1S/C11H16N4O3S/c1-7(16)5-3-4-6-15-10(17)8-9(13-19-12-8)14(2)11(15)18/h7,16H,3-6H2,1-2H3. The van der Waals surface area contributed by atoms with Crippen LogP contribution in [-0.4, -0.2) is 29.1 Å². The second-order valence-electron chi connectivity index (χ2n) is 4.58. The lowest BCUT2D eigenvalue weighted by Crippen LogP contribution is -2.39. The van der Waals surface area contributed by atoms with Gasteiger partial charge >= 0.3 is 5.69 Å². The number of nitrogens with zero attached hydrogens (tertiary/aromatic N) is 4. The maximum atomic E-state index is 12.1. The predicted octanol–water partition coefficient (Wildman–Crippen LogP) is 0.103. The van der Waals surface area contributed by atoms with E-state index in [2.05, 4.69) is 8.75 Å². The van der Waals surface area contributed by atoms with Gasteiger partial charge in [-0.2, -0.15) is 8.75 Å². The molecular formula is C11H16N4O3S. The van der Waals surface area contributed by atoms with Crippen LogP contribution in [0.25, 0.3) is 11.2 Å². The third-order valence-electron chi connectivity index (χ3n) is 3.01. The van der Waals surface area contributed by atoms with Crippen LogP contribution >= 0.6 is 11.7 Å². The second-order valence-corrected chi connectivity index (χ2v) is 5.11. The first-order chi connectivity index (χ1) is 9.02. The summed E-state index contributed by atoms with van der Waals surface area (Å²) in [5.74, 6) is 0. The van der Waals surface area contributed by atoms with Gasteiger partial charge in [-0.05, 0) is 26.2 Å². The van der Waals surface area contributed by atoms with E-state index < -0.39 is 0 Å². The molecule has 19 heavy (non-hydrogen) atoms. The van der Waals surface area contributed by atoms with Gasteiger partial charge in [-0.25, -0.2) is 4.79 Å². The summed E-state index contributed by atoms with van der Waals surface area (Å²) in [5, 5.41) is 9.17. The zero-order valence-electron chi connectivity index (χ0n) is 10.9. The third-order valence-corrected chi connectivity index (χ3v) is 3.53. The van der Waals surface area contributed by atoms with Gasteiger partial charge in [-0.3, -0.25) is 13.9 Å². The van der Waals surface area contributed by atoms with Crippen molar-refractivity contribution in [1.29, 1.82) is 0 Å². The van der Waals surface area contributed by atoms with E-state index in [4.69, 9.17) is 5.11 Å².